The zero-order valence-electron chi connectivity index (χ0n) is 8.11. The molecule has 0 radical (unpaired) electrons. The molecule has 2 aliphatic carbocycles. The molecule has 2 atom stereocenters. The lowest BCUT2D eigenvalue weighted by atomic mass is 9.78. The molecule has 86 valence electrons. The summed E-state index contributed by atoms with van der Waals surface area (Å²) in [7, 11) is 0. The van der Waals surface area contributed by atoms with Crippen LogP contribution in [0.15, 0.2) is 11.6 Å². The second-order valence-corrected chi connectivity index (χ2v) is 4.49. The van der Waals surface area contributed by atoms with Crippen molar-refractivity contribution in [2.24, 2.45) is 11.3 Å². The molecule has 0 aromatic carbocycles. The number of halogens is 4. The van der Waals surface area contributed by atoms with Crippen molar-refractivity contribution in [1.29, 1.82) is 0 Å². The maximum atomic E-state index is 13.0. The molecule has 1 saturated carbocycles. The Hall–Kier alpha value is -0.220. The van der Waals surface area contributed by atoms with Gasteiger partial charge in [0.15, 0.2) is 0 Å². The quantitative estimate of drug-likeness (QED) is 0.542. The van der Waals surface area contributed by atoms with E-state index in [-0.39, 0.29) is 25.0 Å². The van der Waals surface area contributed by atoms with Crippen molar-refractivity contribution in [2.75, 3.05) is 12.7 Å². The van der Waals surface area contributed by atoms with Crippen molar-refractivity contribution in [1.82, 2.24) is 0 Å². The van der Waals surface area contributed by atoms with Crippen LogP contribution in [0.3, 0.4) is 0 Å². The number of allylic oxidation sites excluding steroid dienone is 1. The third-order valence-electron chi connectivity index (χ3n) is 3.43. The molecule has 2 unspecified atom stereocenters. The predicted molar refractivity (Wildman–Crippen MR) is 50.6 cm³/mol. The molecule has 2 aliphatic rings. The summed E-state index contributed by atoms with van der Waals surface area (Å²) in [6.07, 6.45) is -0.974. The Balaban J connectivity index is 2.25. The molecule has 0 spiro atoms. The van der Waals surface area contributed by atoms with Gasteiger partial charge in [-0.05, 0) is 25.2 Å². The van der Waals surface area contributed by atoms with E-state index in [0.717, 1.165) is 6.42 Å². The molecular weight excluding hydrogens is 229 g/mol. The zero-order valence-corrected chi connectivity index (χ0v) is 8.87. The summed E-state index contributed by atoms with van der Waals surface area (Å²) in [6, 6.07) is -0.185. The molecule has 0 amide bonds. The van der Waals surface area contributed by atoms with Crippen LogP contribution in [0.2, 0.25) is 0 Å². The molecule has 0 aromatic rings. The Kier molecular flexibility index (Phi) is 2.75. The van der Waals surface area contributed by atoms with E-state index in [2.05, 4.69) is 0 Å². The maximum Gasteiger partial charge on any atom is 0.400 e. The van der Waals surface area contributed by atoms with E-state index in [1.807, 2.05) is 0 Å². The van der Waals surface area contributed by atoms with Crippen LogP contribution in [0, 0.1) is 11.3 Å². The van der Waals surface area contributed by atoms with Crippen molar-refractivity contribution in [3.8, 4) is 0 Å². The van der Waals surface area contributed by atoms with Gasteiger partial charge in [-0.1, -0.05) is 23.3 Å². The van der Waals surface area contributed by atoms with Gasteiger partial charge in [0.05, 0.1) is 6.61 Å². The standard InChI is InChI=1S/C10H12ClF3O/c11-6-15-5-9(10(12,13)14)4-7-1-2-8(9)3-7/h2,7H,1,3-6H2. The molecule has 0 aromatic heterocycles. The highest BCUT2D eigenvalue weighted by atomic mass is 35.5. The van der Waals surface area contributed by atoms with Crippen molar-refractivity contribution in [3.05, 3.63) is 11.6 Å². The van der Waals surface area contributed by atoms with Gasteiger partial charge in [0.1, 0.15) is 11.5 Å². The smallest absolute Gasteiger partial charge is 0.364 e. The summed E-state index contributed by atoms with van der Waals surface area (Å²) in [6.45, 7) is -0.331. The van der Waals surface area contributed by atoms with E-state index in [1.54, 1.807) is 6.08 Å². The predicted octanol–water partition coefficient (Wildman–Crippen LogP) is 3.49. The average molecular weight is 241 g/mol. The van der Waals surface area contributed by atoms with Gasteiger partial charge in [-0.15, -0.1) is 0 Å². The molecule has 0 N–H and O–H groups in total. The lowest BCUT2D eigenvalue weighted by molar-refractivity contribution is -0.224. The molecule has 5 heteroatoms. The highest BCUT2D eigenvalue weighted by molar-refractivity contribution is 6.17. The first-order valence-corrected chi connectivity index (χ1v) is 5.43. The van der Waals surface area contributed by atoms with Gasteiger partial charge in [0, 0.05) is 0 Å². The normalized spacial score (nSPS) is 34.7. The molecule has 1 nitrogen and oxygen atoms in total. The largest absolute Gasteiger partial charge is 0.400 e. The number of alkyl halides is 4. The number of fused-ring (bicyclic) bond motifs is 2. The van der Waals surface area contributed by atoms with Crippen molar-refractivity contribution < 1.29 is 17.9 Å². The van der Waals surface area contributed by atoms with E-state index in [0.29, 0.717) is 12.0 Å². The lowest BCUT2D eigenvalue weighted by Gasteiger charge is -2.34. The SMILES string of the molecule is FC(F)(F)C1(COCCl)CC2CC=C1C2. The summed E-state index contributed by atoms with van der Waals surface area (Å²) < 4.78 is 43.9. The van der Waals surface area contributed by atoms with E-state index >= 15 is 0 Å². The van der Waals surface area contributed by atoms with Crippen LogP contribution in [0.4, 0.5) is 13.2 Å². The van der Waals surface area contributed by atoms with E-state index in [9.17, 15) is 13.2 Å². The molecular formula is C10H12ClF3O. The van der Waals surface area contributed by atoms with Gasteiger partial charge < -0.3 is 4.74 Å². The minimum atomic E-state index is -4.22. The molecule has 2 bridgehead atoms. The average Bonchev–Trinajstić information content (AvgIpc) is 2.72. The van der Waals surface area contributed by atoms with E-state index in [4.69, 9.17) is 16.3 Å². The summed E-state index contributed by atoms with van der Waals surface area (Å²) in [5.74, 6) is 0.153. The fraction of sp³-hybridized carbons (Fsp3) is 0.800. The molecule has 15 heavy (non-hydrogen) atoms. The fourth-order valence-corrected chi connectivity index (χ4v) is 2.78. The van der Waals surface area contributed by atoms with E-state index in [1.165, 1.54) is 0 Å². The minimum absolute atomic E-state index is 0.153. The van der Waals surface area contributed by atoms with Crippen molar-refractivity contribution >= 4 is 11.6 Å². The Morgan fingerprint density at radius 1 is 1.53 bits per heavy atom. The maximum absolute atomic E-state index is 13.0. The number of rotatable bonds is 3. The highest BCUT2D eigenvalue weighted by Crippen LogP contribution is 2.59. The second kappa shape index (κ2) is 3.67. The first-order valence-electron chi connectivity index (χ1n) is 4.89. The van der Waals surface area contributed by atoms with Crippen molar-refractivity contribution in [2.45, 2.75) is 25.4 Å². The summed E-state index contributed by atoms with van der Waals surface area (Å²) >= 11 is 5.29. The van der Waals surface area contributed by atoms with E-state index < -0.39 is 11.6 Å². The van der Waals surface area contributed by atoms with Crippen LogP contribution in [0.1, 0.15) is 19.3 Å². The fourth-order valence-electron chi connectivity index (χ4n) is 2.70. The molecule has 2 rings (SSSR count). The number of hydrogen-bond acceptors (Lipinski definition) is 1. The topological polar surface area (TPSA) is 9.23 Å². The van der Waals surface area contributed by atoms with Crippen molar-refractivity contribution in [3.63, 3.8) is 0 Å². The first-order chi connectivity index (χ1) is 6.99. The number of hydrogen-bond donors (Lipinski definition) is 0. The molecule has 0 saturated heterocycles. The highest BCUT2D eigenvalue weighted by Gasteiger charge is 2.62. The summed E-state index contributed by atoms with van der Waals surface area (Å²) in [5, 5.41) is 0. The van der Waals surface area contributed by atoms with Gasteiger partial charge in [-0.2, -0.15) is 13.2 Å². The summed E-state index contributed by atoms with van der Waals surface area (Å²) in [5.41, 5.74) is -1.24. The summed E-state index contributed by atoms with van der Waals surface area (Å²) in [4.78, 5) is 0. The van der Waals surface area contributed by atoms with Gasteiger partial charge in [-0.25, -0.2) is 0 Å². The monoisotopic (exact) mass is 240 g/mol. The van der Waals surface area contributed by atoms with Crippen LogP contribution in [-0.4, -0.2) is 18.8 Å². The van der Waals surface area contributed by atoms with Gasteiger partial charge in [-0.3, -0.25) is 0 Å². The lowest BCUT2D eigenvalue weighted by Crippen LogP contribution is -2.42. The van der Waals surface area contributed by atoms with Gasteiger partial charge in [0.2, 0.25) is 0 Å². The molecule has 0 heterocycles. The number of ether oxygens (including phenoxy) is 1. The zero-order chi connectivity index (χ0) is 11.1. The third kappa shape index (κ3) is 1.68. The Labute approximate surface area is 91.2 Å². The second-order valence-electron chi connectivity index (χ2n) is 4.28. The van der Waals surface area contributed by atoms with Crippen LogP contribution in [0.25, 0.3) is 0 Å². The molecule has 1 fully saturated rings. The van der Waals surface area contributed by atoms with Gasteiger partial charge >= 0.3 is 6.18 Å². The Morgan fingerprint density at radius 2 is 2.27 bits per heavy atom. The third-order valence-corrected chi connectivity index (χ3v) is 3.58. The Morgan fingerprint density at radius 3 is 2.67 bits per heavy atom. The Bertz CT molecular complexity index is 287. The van der Waals surface area contributed by atoms with Gasteiger partial charge in [0.25, 0.3) is 0 Å². The van der Waals surface area contributed by atoms with Crippen LogP contribution < -0.4 is 0 Å². The first kappa shape index (κ1) is 11.3. The van der Waals surface area contributed by atoms with Crippen LogP contribution >= 0.6 is 11.6 Å². The van der Waals surface area contributed by atoms with Crippen LogP contribution in [-0.2, 0) is 4.74 Å². The molecule has 0 aliphatic heterocycles. The van der Waals surface area contributed by atoms with Crippen LogP contribution in [0.5, 0.6) is 0 Å². The minimum Gasteiger partial charge on any atom is -0.364 e.